The Labute approximate surface area is 180 Å². The van der Waals surface area contributed by atoms with Crippen LogP contribution in [0, 0.1) is 5.82 Å². The normalized spacial score (nSPS) is 16.8. The van der Waals surface area contributed by atoms with Gasteiger partial charge in [-0.15, -0.1) is 22.6 Å². The fourth-order valence-corrected chi connectivity index (χ4v) is 4.34. The molecule has 7 nitrogen and oxygen atoms in total. The highest BCUT2D eigenvalue weighted by Crippen LogP contribution is 2.30. The highest BCUT2D eigenvalue weighted by molar-refractivity contribution is 6.00. The number of aromatic amines is 1. The van der Waals surface area contributed by atoms with Crippen LogP contribution in [0.4, 0.5) is 4.39 Å². The van der Waals surface area contributed by atoms with Gasteiger partial charge in [0, 0.05) is 50.1 Å². The van der Waals surface area contributed by atoms with E-state index in [0.717, 1.165) is 55.3 Å². The third-order valence-electron chi connectivity index (χ3n) is 5.93. The lowest BCUT2D eigenvalue weighted by Crippen LogP contribution is -2.39. The van der Waals surface area contributed by atoms with Crippen molar-refractivity contribution in [1.82, 2.24) is 30.0 Å². The zero-order valence-corrected chi connectivity index (χ0v) is 17.3. The molecule has 0 radical (unpaired) electrons. The summed E-state index contributed by atoms with van der Waals surface area (Å²) in [5, 5.41) is 12.1. The van der Waals surface area contributed by atoms with Crippen LogP contribution in [0.25, 0.3) is 11.1 Å². The van der Waals surface area contributed by atoms with Crippen molar-refractivity contribution in [3.8, 4) is 11.1 Å². The largest absolute Gasteiger partial charge is 0.366 e. The predicted octanol–water partition coefficient (Wildman–Crippen LogP) is 2.96. The number of hydrogen-bond donors (Lipinski definition) is 2. The van der Waals surface area contributed by atoms with Crippen LogP contribution in [0.1, 0.15) is 40.8 Å². The predicted molar refractivity (Wildman–Crippen MR) is 113 cm³/mol. The number of carbonyl (C=O) groups is 1. The second kappa shape index (κ2) is 8.57. The summed E-state index contributed by atoms with van der Waals surface area (Å²) in [6.45, 7) is 4.00. The number of carbonyl (C=O) groups excluding carboxylic acids is 1. The number of fused-ring (bicyclic) bond motifs is 1. The van der Waals surface area contributed by atoms with Crippen LogP contribution in [0.5, 0.6) is 0 Å². The molecule has 1 fully saturated rings. The van der Waals surface area contributed by atoms with Gasteiger partial charge in [0.25, 0.3) is 5.91 Å². The van der Waals surface area contributed by atoms with Gasteiger partial charge >= 0.3 is 0 Å². The Kier molecular flexibility index (Phi) is 5.87. The number of halogens is 2. The summed E-state index contributed by atoms with van der Waals surface area (Å²) in [6.07, 6.45) is 5.29. The van der Waals surface area contributed by atoms with E-state index in [1.807, 2.05) is 4.90 Å². The minimum atomic E-state index is -0.286. The Morgan fingerprint density at radius 1 is 1.07 bits per heavy atom. The number of nitrogens with zero attached hydrogens (tertiary/aromatic N) is 4. The molecule has 2 aromatic heterocycles. The van der Waals surface area contributed by atoms with Crippen molar-refractivity contribution in [2.24, 2.45) is 0 Å². The molecule has 3 aromatic rings. The molecule has 5 rings (SSSR count). The van der Waals surface area contributed by atoms with E-state index in [4.69, 9.17) is 0 Å². The van der Waals surface area contributed by atoms with Crippen molar-refractivity contribution in [2.45, 2.75) is 31.8 Å². The lowest BCUT2D eigenvalue weighted by Gasteiger charge is -2.32. The van der Waals surface area contributed by atoms with Crippen molar-refractivity contribution in [2.75, 3.05) is 19.6 Å². The molecule has 4 heterocycles. The average Bonchev–Trinajstić information content (AvgIpc) is 3.41. The van der Waals surface area contributed by atoms with E-state index in [1.54, 1.807) is 24.5 Å². The smallest absolute Gasteiger partial charge is 0.256 e. The highest BCUT2D eigenvalue weighted by atomic mass is 35.5. The first kappa shape index (κ1) is 20.6. The number of nitrogens with one attached hydrogen (secondary N) is 2. The summed E-state index contributed by atoms with van der Waals surface area (Å²) in [4.78, 5) is 18.1. The number of H-pyrrole nitrogens is 1. The molecule has 0 aliphatic carbocycles. The van der Waals surface area contributed by atoms with Crippen LogP contribution in [-0.4, -0.2) is 50.2 Å². The first-order chi connectivity index (χ1) is 14.2. The summed E-state index contributed by atoms with van der Waals surface area (Å²) < 4.78 is 15.5. The third kappa shape index (κ3) is 3.73. The molecular weight excluding hydrogens is 407 g/mol. The fraction of sp³-hybridized carbons (Fsp3) is 0.381. The van der Waals surface area contributed by atoms with Gasteiger partial charge < -0.3 is 19.8 Å². The van der Waals surface area contributed by atoms with E-state index >= 15 is 0 Å². The van der Waals surface area contributed by atoms with E-state index in [1.165, 1.54) is 12.1 Å². The Bertz CT molecular complexity index is 1020. The van der Waals surface area contributed by atoms with E-state index in [2.05, 4.69) is 25.1 Å². The number of piperidine rings is 1. The fourth-order valence-electron chi connectivity index (χ4n) is 4.34. The number of amides is 1. The standard InChI is InChI=1S/C21H23FN6O.ClH/c22-16-3-1-14(2-4-16)17-11-24-12-18(17)21(29)27-8-5-15(6-9-27)20-26-25-19-13-23-7-10-28(19)20;/h1-4,11-12,15,23-24H,5-10,13H2;1H. The van der Waals surface area contributed by atoms with Gasteiger partial charge in [-0.3, -0.25) is 4.79 Å². The molecule has 158 valence electrons. The van der Waals surface area contributed by atoms with Gasteiger partial charge in [-0.05, 0) is 30.5 Å². The van der Waals surface area contributed by atoms with Crippen LogP contribution < -0.4 is 5.32 Å². The molecule has 2 aliphatic rings. The average molecular weight is 431 g/mol. The van der Waals surface area contributed by atoms with E-state index in [0.29, 0.717) is 24.6 Å². The van der Waals surface area contributed by atoms with Crippen LogP contribution in [0.15, 0.2) is 36.7 Å². The number of likely N-dealkylation sites (tertiary alicyclic amines) is 1. The second-order valence-electron chi connectivity index (χ2n) is 7.66. The highest BCUT2D eigenvalue weighted by Gasteiger charge is 2.30. The third-order valence-corrected chi connectivity index (χ3v) is 5.93. The summed E-state index contributed by atoms with van der Waals surface area (Å²) in [6, 6.07) is 6.23. The number of hydrogen-bond acceptors (Lipinski definition) is 4. The van der Waals surface area contributed by atoms with Crippen molar-refractivity contribution in [3.05, 3.63) is 59.7 Å². The van der Waals surface area contributed by atoms with Gasteiger partial charge in [0.2, 0.25) is 0 Å². The summed E-state index contributed by atoms with van der Waals surface area (Å²) in [5.74, 6) is 2.12. The zero-order valence-electron chi connectivity index (χ0n) is 16.5. The molecule has 1 saturated heterocycles. The minimum absolute atomic E-state index is 0. The Morgan fingerprint density at radius 2 is 1.83 bits per heavy atom. The van der Waals surface area contributed by atoms with Crippen molar-refractivity contribution in [1.29, 1.82) is 0 Å². The molecule has 1 aromatic carbocycles. The maximum absolute atomic E-state index is 13.2. The lowest BCUT2D eigenvalue weighted by atomic mass is 9.95. The Hall–Kier alpha value is -2.71. The Morgan fingerprint density at radius 3 is 2.60 bits per heavy atom. The molecule has 0 bridgehead atoms. The summed E-state index contributed by atoms with van der Waals surface area (Å²) in [5.41, 5.74) is 2.26. The molecule has 30 heavy (non-hydrogen) atoms. The number of rotatable bonds is 3. The first-order valence-corrected chi connectivity index (χ1v) is 10.1. The van der Waals surface area contributed by atoms with Gasteiger partial charge in [-0.25, -0.2) is 4.39 Å². The molecular formula is C21H24ClFN6O. The number of aromatic nitrogens is 4. The molecule has 0 spiro atoms. The van der Waals surface area contributed by atoms with Crippen molar-refractivity contribution < 1.29 is 9.18 Å². The minimum Gasteiger partial charge on any atom is -0.366 e. The van der Waals surface area contributed by atoms with E-state index in [-0.39, 0.29) is 24.1 Å². The first-order valence-electron chi connectivity index (χ1n) is 10.1. The molecule has 0 saturated carbocycles. The van der Waals surface area contributed by atoms with Crippen molar-refractivity contribution in [3.63, 3.8) is 0 Å². The van der Waals surface area contributed by atoms with Crippen LogP contribution in [-0.2, 0) is 13.1 Å². The topological polar surface area (TPSA) is 78.8 Å². The molecule has 2 N–H and O–H groups in total. The summed E-state index contributed by atoms with van der Waals surface area (Å²) in [7, 11) is 0. The SMILES string of the molecule is Cl.O=C(c1c[nH]cc1-c1ccc(F)cc1)N1CCC(c2nnc3n2CCNC3)CC1. The van der Waals surface area contributed by atoms with Gasteiger partial charge in [0.05, 0.1) is 12.1 Å². The van der Waals surface area contributed by atoms with Crippen LogP contribution in [0.3, 0.4) is 0 Å². The van der Waals surface area contributed by atoms with Crippen LogP contribution >= 0.6 is 12.4 Å². The monoisotopic (exact) mass is 430 g/mol. The van der Waals surface area contributed by atoms with Gasteiger partial charge in [0.15, 0.2) is 0 Å². The van der Waals surface area contributed by atoms with Crippen LogP contribution in [0.2, 0.25) is 0 Å². The molecule has 2 aliphatic heterocycles. The molecule has 0 unspecified atom stereocenters. The molecule has 1 amide bonds. The maximum Gasteiger partial charge on any atom is 0.256 e. The Balaban J connectivity index is 0.00000218. The van der Waals surface area contributed by atoms with E-state index < -0.39 is 0 Å². The lowest BCUT2D eigenvalue weighted by molar-refractivity contribution is 0.0711. The maximum atomic E-state index is 13.2. The van der Waals surface area contributed by atoms with Gasteiger partial charge in [0.1, 0.15) is 17.5 Å². The van der Waals surface area contributed by atoms with E-state index in [9.17, 15) is 9.18 Å². The molecule has 9 heteroatoms. The van der Waals surface area contributed by atoms with Gasteiger partial charge in [-0.2, -0.15) is 0 Å². The molecule has 0 atom stereocenters. The van der Waals surface area contributed by atoms with Crippen molar-refractivity contribution >= 4 is 18.3 Å². The zero-order chi connectivity index (χ0) is 19.8. The summed E-state index contributed by atoms with van der Waals surface area (Å²) >= 11 is 0. The quantitative estimate of drug-likeness (QED) is 0.669. The second-order valence-corrected chi connectivity index (χ2v) is 7.66. The number of benzene rings is 1. The van der Waals surface area contributed by atoms with Gasteiger partial charge in [-0.1, -0.05) is 12.1 Å².